The molecule has 1 aromatic heterocycles. The number of aliphatic hydroxyl groups excluding tert-OH is 2. The highest BCUT2D eigenvalue weighted by atomic mass is 16.5. The van der Waals surface area contributed by atoms with Crippen LogP contribution in [-0.4, -0.2) is 20.2 Å². The van der Waals surface area contributed by atoms with Crippen LogP contribution in [0.4, 0.5) is 0 Å². The molecular weight excluding hydrogens is 220 g/mol. The molecule has 0 saturated carbocycles. The van der Waals surface area contributed by atoms with Gasteiger partial charge in [-0.15, -0.1) is 0 Å². The average Bonchev–Trinajstić information content (AvgIpc) is 2.40. The van der Waals surface area contributed by atoms with E-state index in [4.69, 9.17) is 14.9 Å². The van der Waals surface area contributed by atoms with Gasteiger partial charge in [0.2, 0.25) is 5.88 Å². The Balaban J connectivity index is 2.19. The highest BCUT2D eigenvalue weighted by Gasteiger charge is 2.05. The molecule has 5 nitrogen and oxygen atoms in total. The molecule has 2 N–H and O–H groups in total. The highest BCUT2D eigenvalue weighted by molar-refractivity contribution is 5.32. The Morgan fingerprint density at radius 1 is 1.06 bits per heavy atom. The van der Waals surface area contributed by atoms with Crippen molar-refractivity contribution in [2.45, 2.75) is 13.2 Å². The summed E-state index contributed by atoms with van der Waals surface area (Å²) in [4.78, 5) is 7.75. The van der Waals surface area contributed by atoms with Gasteiger partial charge in [0.05, 0.1) is 18.8 Å². The van der Waals surface area contributed by atoms with Gasteiger partial charge < -0.3 is 14.9 Å². The van der Waals surface area contributed by atoms with Crippen LogP contribution < -0.4 is 4.74 Å². The first-order chi connectivity index (χ1) is 8.33. The van der Waals surface area contributed by atoms with E-state index in [1.807, 2.05) is 0 Å². The van der Waals surface area contributed by atoms with E-state index in [0.29, 0.717) is 17.2 Å². The largest absolute Gasteiger partial charge is 0.439 e. The summed E-state index contributed by atoms with van der Waals surface area (Å²) in [6, 6.07) is 6.98. The van der Waals surface area contributed by atoms with Crippen LogP contribution in [-0.2, 0) is 13.2 Å². The topological polar surface area (TPSA) is 75.5 Å². The van der Waals surface area contributed by atoms with E-state index in [0.717, 1.165) is 5.56 Å². The molecule has 0 saturated heterocycles. The first-order valence-electron chi connectivity index (χ1n) is 5.11. The molecule has 0 fully saturated rings. The number of ether oxygens (including phenoxy) is 1. The second-order valence-corrected chi connectivity index (χ2v) is 3.42. The molecule has 0 aliphatic rings. The Bertz CT molecular complexity index is 485. The van der Waals surface area contributed by atoms with Crippen molar-refractivity contribution in [3.63, 3.8) is 0 Å². The molecule has 17 heavy (non-hydrogen) atoms. The monoisotopic (exact) mass is 232 g/mol. The molecule has 2 rings (SSSR count). The molecule has 0 bridgehead atoms. The standard InChI is InChI=1S/C12H12N2O3/c15-6-9-1-3-11(4-2-9)17-12-10(7-16)5-13-8-14-12/h1-5,8,15-16H,6-7H2. The maximum absolute atomic E-state index is 9.09. The molecule has 0 unspecified atom stereocenters. The van der Waals surface area contributed by atoms with Crippen molar-refractivity contribution in [3.8, 4) is 11.6 Å². The molecule has 0 aliphatic carbocycles. The van der Waals surface area contributed by atoms with E-state index < -0.39 is 0 Å². The Labute approximate surface area is 98.4 Å². The fourth-order valence-corrected chi connectivity index (χ4v) is 1.32. The first kappa shape index (κ1) is 11.5. The SMILES string of the molecule is OCc1ccc(Oc2ncncc2CO)cc1. The summed E-state index contributed by atoms with van der Waals surface area (Å²) in [5, 5.41) is 18.0. The van der Waals surface area contributed by atoms with E-state index in [-0.39, 0.29) is 13.2 Å². The predicted octanol–water partition coefficient (Wildman–Crippen LogP) is 1.25. The van der Waals surface area contributed by atoms with Gasteiger partial charge >= 0.3 is 0 Å². The fraction of sp³-hybridized carbons (Fsp3) is 0.167. The third kappa shape index (κ3) is 2.77. The van der Waals surface area contributed by atoms with E-state index in [1.54, 1.807) is 24.3 Å². The maximum atomic E-state index is 9.09. The minimum Gasteiger partial charge on any atom is -0.439 e. The summed E-state index contributed by atoms with van der Waals surface area (Å²) in [7, 11) is 0. The molecule has 1 heterocycles. The van der Waals surface area contributed by atoms with Gasteiger partial charge in [0.25, 0.3) is 0 Å². The van der Waals surface area contributed by atoms with E-state index in [9.17, 15) is 0 Å². The van der Waals surface area contributed by atoms with Crippen LogP contribution in [0.1, 0.15) is 11.1 Å². The summed E-state index contributed by atoms with van der Waals surface area (Å²) >= 11 is 0. The number of aromatic nitrogens is 2. The predicted molar refractivity (Wildman–Crippen MR) is 60.4 cm³/mol. The van der Waals surface area contributed by atoms with Gasteiger partial charge in [-0.3, -0.25) is 0 Å². The lowest BCUT2D eigenvalue weighted by molar-refractivity contribution is 0.274. The third-order valence-corrected chi connectivity index (χ3v) is 2.24. The van der Waals surface area contributed by atoms with Crippen molar-refractivity contribution in [1.82, 2.24) is 9.97 Å². The Kier molecular flexibility index (Phi) is 3.64. The molecular formula is C12H12N2O3. The zero-order chi connectivity index (χ0) is 12.1. The molecule has 0 spiro atoms. The van der Waals surface area contributed by atoms with Gasteiger partial charge in [-0.25, -0.2) is 9.97 Å². The zero-order valence-corrected chi connectivity index (χ0v) is 9.08. The lowest BCUT2D eigenvalue weighted by Gasteiger charge is -2.07. The Morgan fingerprint density at radius 2 is 1.82 bits per heavy atom. The van der Waals surface area contributed by atoms with Crippen molar-refractivity contribution in [2.75, 3.05) is 0 Å². The number of rotatable bonds is 4. The van der Waals surface area contributed by atoms with Crippen LogP contribution in [0.25, 0.3) is 0 Å². The number of hydrogen-bond donors (Lipinski definition) is 2. The van der Waals surface area contributed by atoms with Gasteiger partial charge in [-0.2, -0.15) is 0 Å². The Morgan fingerprint density at radius 3 is 2.47 bits per heavy atom. The summed E-state index contributed by atoms with van der Waals surface area (Å²) in [6.07, 6.45) is 2.86. The van der Waals surface area contributed by atoms with Crippen molar-refractivity contribution in [2.24, 2.45) is 0 Å². The molecule has 88 valence electrons. The van der Waals surface area contributed by atoms with Crippen molar-refractivity contribution in [3.05, 3.63) is 47.9 Å². The van der Waals surface area contributed by atoms with Crippen molar-refractivity contribution < 1.29 is 14.9 Å². The van der Waals surface area contributed by atoms with Gasteiger partial charge in [0.15, 0.2) is 0 Å². The van der Waals surface area contributed by atoms with Crippen LogP contribution in [0, 0.1) is 0 Å². The first-order valence-corrected chi connectivity index (χ1v) is 5.11. The third-order valence-electron chi connectivity index (χ3n) is 2.24. The molecule has 0 amide bonds. The van der Waals surface area contributed by atoms with E-state index in [2.05, 4.69) is 9.97 Å². The summed E-state index contributed by atoms with van der Waals surface area (Å²) < 4.78 is 5.51. The molecule has 0 atom stereocenters. The molecule has 2 aromatic rings. The molecule has 5 heteroatoms. The number of aliphatic hydroxyl groups is 2. The Hall–Kier alpha value is -1.98. The quantitative estimate of drug-likeness (QED) is 0.829. The van der Waals surface area contributed by atoms with Crippen LogP contribution in [0.2, 0.25) is 0 Å². The van der Waals surface area contributed by atoms with Crippen molar-refractivity contribution in [1.29, 1.82) is 0 Å². The van der Waals surface area contributed by atoms with Crippen LogP contribution in [0.5, 0.6) is 11.6 Å². The lowest BCUT2D eigenvalue weighted by Crippen LogP contribution is -1.95. The van der Waals surface area contributed by atoms with Crippen LogP contribution in [0.15, 0.2) is 36.8 Å². The summed E-state index contributed by atoms with van der Waals surface area (Å²) in [6.45, 7) is -0.180. The van der Waals surface area contributed by atoms with Gasteiger partial charge in [0, 0.05) is 6.20 Å². The second kappa shape index (κ2) is 5.38. The fourth-order valence-electron chi connectivity index (χ4n) is 1.32. The number of nitrogens with zero attached hydrogens (tertiary/aromatic N) is 2. The zero-order valence-electron chi connectivity index (χ0n) is 9.08. The maximum Gasteiger partial charge on any atom is 0.227 e. The average molecular weight is 232 g/mol. The number of hydrogen-bond acceptors (Lipinski definition) is 5. The van der Waals surface area contributed by atoms with Crippen molar-refractivity contribution >= 4 is 0 Å². The minimum absolute atomic E-state index is 0.00429. The van der Waals surface area contributed by atoms with Crippen LogP contribution in [0.3, 0.4) is 0 Å². The highest BCUT2D eigenvalue weighted by Crippen LogP contribution is 2.22. The smallest absolute Gasteiger partial charge is 0.227 e. The number of benzene rings is 1. The summed E-state index contributed by atoms with van der Waals surface area (Å²) in [5.41, 5.74) is 1.33. The van der Waals surface area contributed by atoms with E-state index in [1.165, 1.54) is 12.5 Å². The van der Waals surface area contributed by atoms with Gasteiger partial charge in [0.1, 0.15) is 12.1 Å². The lowest BCUT2D eigenvalue weighted by atomic mass is 10.2. The summed E-state index contributed by atoms with van der Waals surface area (Å²) in [5.74, 6) is 0.926. The van der Waals surface area contributed by atoms with E-state index >= 15 is 0 Å². The molecule has 0 radical (unpaired) electrons. The van der Waals surface area contributed by atoms with Gasteiger partial charge in [-0.05, 0) is 17.7 Å². The molecule has 0 aliphatic heterocycles. The van der Waals surface area contributed by atoms with Crippen LogP contribution >= 0.6 is 0 Å². The second-order valence-electron chi connectivity index (χ2n) is 3.42. The minimum atomic E-state index is -0.176. The normalized spacial score (nSPS) is 10.2. The molecule has 1 aromatic carbocycles. The van der Waals surface area contributed by atoms with Gasteiger partial charge in [-0.1, -0.05) is 12.1 Å².